The van der Waals surface area contributed by atoms with Crippen molar-refractivity contribution in [3.63, 3.8) is 0 Å². The highest BCUT2D eigenvalue weighted by Gasteiger charge is 2.36. The molecule has 0 aromatic heterocycles. The molecule has 1 aromatic carbocycles. The van der Waals surface area contributed by atoms with Gasteiger partial charge in [0.15, 0.2) is 0 Å². The van der Waals surface area contributed by atoms with Gasteiger partial charge in [0.05, 0.1) is 5.92 Å². The first-order chi connectivity index (χ1) is 11.8. The molecule has 9 heteroatoms. The number of amides is 2. The standard InChI is InChI=1S/C16H17ClN2O6/c17-10-1-3-11(4-2-10)19-8-9(7-13(19)20)15(23)18-12(16(24)25)5-6-14(21)22/h1-4,9,12H,5-8H2,(H,18,23)(H,21,22)(H,24,25). The van der Waals surface area contributed by atoms with E-state index in [0.29, 0.717) is 10.7 Å². The van der Waals surface area contributed by atoms with E-state index in [-0.39, 0.29) is 31.7 Å². The minimum Gasteiger partial charge on any atom is -0.481 e. The number of carbonyl (C=O) groups excluding carboxylic acids is 2. The zero-order valence-corrected chi connectivity index (χ0v) is 13.9. The Kier molecular flexibility index (Phi) is 5.97. The molecule has 1 saturated heterocycles. The molecule has 0 radical (unpaired) electrons. The molecule has 2 unspecified atom stereocenters. The van der Waals surface area contributed by atoms with Crippen LogP contribution in [0.3, 0.4) is 0 Å². The van der Waals surface area contributed by atoms with E-state index in [4.69, 9.17) is 21.8 Å². The summed E-state index contributed by atoms with van der Waals surface area (Å²) in [6.07, 6.45) is -0.643. The molecule has 3 N–H and O–H groups in total. The van der Waals surface area contributed by atoms with Crippen LogP contribution in [0.1, 0.15) is 19.3 Å². The van der Waals surface area contributed by atoms with E-state index >= 15 is 0 Å². The highest BCUT2D eigenvalue weighted by molar-refractivity contribution is 6.30. The second-order valence-corrected chi connectivity index (χ2v) is 6.15. The number of carboxylic acid groups (broad SMARTS) is 2. The van der Waals surface area contributed by atoms with Crippen LogP contribution in [0.15, 0.2) is 24.3 Å². The molecule has 134 valence electrons. The van der Waals surface area contributed by atoms with Crippen LogP contribution >= 0.6 is 11.6 Å². The molecule has 1 aromatic rings. The quantitative estimate of drug-likeness (QED) is 0.662. The summed E-state index contributed by atoms with van der Waals surface area (Å²) in [5.41, 5.74) is 0.602. The molecule has 0 spiro atoms. The molecular formula is C16H17ClN2O6. The van der Waals surface area contributed by atoms with Gasteiger partial charge in [-0.1, -0.05) is 11.6 Å². The lowest BCUT2D eigenvalue weighted by molar-refractivity contribution is -0.143. The van der Waals surface area contributed by atoms with Gasteiger partial charge in [0, 0.05) is 30.1 Å². The van der Waals surface area contributed by atoms with Gasteiger partial charge >= 0.3 is 11.9 Å². The molecule has 0 aliphatic carbocycles. The number of carboxylic acids is 2. The van der Waals surface area contributed by atoms with E-state index in [2.05, 4.69) is 5.32 Å². The van der Waals surface area contributed by atoms with E-state index in [1.807, 2.05) is 0 Å². The van der Waals surface area contributed by atoms with Gasteiger partial charge in [-0.2, -0.15) is 0 Å². The van der Waals surface area contributed by atoms with Crippen molar-refractivity contribution < 1.29 is 29.4 Å². The molecule has 8 nitrogen and oxygen atoms in total. The summed E-state index contributed by atoms with van der Waals surface area (Å²) in [4.78, 5) is 47.5. The maximum Gasteiger partial charge on any atom is 0.326 e. The van der Waals surface area contributed by atoms with E-state index in [1.165, 1.54) is 4.90 Å². The average Bonchev–Trinajstić information content (AvgIpc) is 2.93. The summed E-state index contributed by atoms with van der Waals surface area (Å²) in [6, 6.07) is 5.28. The predicted molar refractivity (Wildman–Crippen MR) is 88.3 cm³/mol. The third kappa shape index (κ3) is 4.93. The van der Waals surface area contributed by atoms with Crippen LogP contribution in [0.4, 0.5) is 5.69 Å². The first kappa shape index (κ1) is 18.7. The molecule has 0 bridgehead atoms. The van der Waals surface area contributed by atoms with Crippen LogP contribution in [0.25, 0.3) is 0 Å². The Morgan fingerprint density at radius 3 is 2.44 bits per heavy atom. The Morgan fingerprint density at radius 1 is 1.24 bits per heavy atom. The SMILES string of the molecule is O=C(O)CCC(NC(=O)C1CC(=O)N(c2ccc(Cl)cc2)C1)C(=O)O. The number of hydrogen-bond acceptors (Lipinski definition) is 4. The molecule has 1 aliphatic heterocycles. The average molecular weight is 369 g/mol. The Hall–Kier alpha value is -2.61. The smallest absolute Gasteiger partial charge is 0.326 e. The Balaban J connectivity index is 2.00. The molecule has 1 fully saturated rings. The first-order valence-electron chi connectivity index (χ1n) is 7.59. The third-order valence-corrected chi connectivity index (χ3v) is 4.15. The monoisotopic (exact) mass is 368 g/mol. The zero-order chi connectivity index (χ0) is 18.6. The van der Waals surface area contributed by atoms with Crippen molar-refractivity contribution in [3.8, 4) is 0 Å². The number of anilines is 1. The molecule has 2 amide bonds. The second kappa shape index (κ2) is 7.98. The van der Waals surface area contributed by atoms with E-state index < -0.39 is 29.8 Å². The van der Waals surface area contributed by atoms with E-state index in [0.717, 1.165) is 0 Å². The van der Waals surface area contributed by atoms with Gasteiger partial charge < -0.3 is 20.4 Å². The Morgan fingerprint density at radius 2 is 1.88 bits per heavy atom. The molecule has 1 aliphatic rings. The van der Waals surface area contributed by atoms with Gasteiger partial charge in [-0.05, 0) is 30.7 Å². The van der Waals surface area contributed by atoms with Crippen LogP contribution in [0.2, 0.25) is 5.02 Å². The summed E-state index contributed by atoms with van der Waals surface area (Å²) < 4.78 is 0. The van der Waals surface area contributed by atoms with E-state index in [9.17, 15) is 19.2 Å². The van der Waals surface area contributed by atoms with Crippen LogP contribution in [0.5, 0.6) is 0 Å². The van der Waals surface area contributed by atoms with Gasteiger partial charge in [0.1, 0.15) is 6.04 Å². The highest BCUT2D eigenvalue weighted by Crippen LogP contribution is 2.26. The number of nitrogens with zero attached hydrogens (tertiary/aromatic N) is 1. The lowest BCUT2D eigenvalue weighted by Crippen LogP contribution is -2.44. The molecule has 2 atom stereocenters. The summed E-state index contributed by atoms with van der Waals surface area (Å²) in [6.45, 7) is 0.123. The number of rotatable bonds is 7. The van der Waals surface area contributed by atoms with Crippen molar-refractivity contribution in [3.05, 3.63) is 29.3 Å². The fourth-order valence-corrected chi connectivity index (χ4v) is 2.69. The van der Waals surface area contributed by atoms with Crippen LogP contribution in [-0.2, 0) is 19.2 Å². The summed E-state index contributed by atoms with van der Waals surface area (Å²) in [5.74, 6) is -3.99. The lowest BCUT2D eigenvalue weighted by Gasteiger charge is -2.18. The first-order valence-corrected chi connectivity index (χ1v) is 7.96. The number of aliphatic carboxylic acids is 2. The maximum atomic E-state index is 12.3. The van der Waals surface area contributed by atoms with E-state index in [1.54, 1.807) is 24.3 Å². The van der Waals surface area contributed by atoms with Gasteiger partial charge in [0.25, 0.3) is 0 Å². The van der Waals surface area contributed by atoms with Crippen molar-refractivity contribution in [2.24, 2.45) is 5.92 Å². The molecule has 0 saturated carbocycles. The normalized spacial score (nSPS) is 18.0. The maximum absolute atomic E-state index is 12.3. The van der Waals surface area contributed by atoms with Crippen LogP contribution in [-0.4, -0.2) is 46.6 Å². The Bertz CT molecular complexity index is 690. The predicted octanol–water partition coefficient (Wildman–Crippen LogP) is 1.13. The number of halogens is 1. The minimum atomic E-state index is -1.31. The van der Waals surface area contributed by atoms with Crippen molar-refractivity contribution in [2.45, 2.75) is 25.3 Å². The van der Waals surface area contributed by atoms with Gasteiger partial charge in [0.2, 0.25) is 11.8 Å². The molecule has 2 rings (SSSR count). The summed E-state index contributed by atoms with van der Waals surface area (Å²) in [5, 5.41) is 20.6. The van der Waals surface area contributed by atoms with Gasteiger partial charge in [-0.25, -0.2) is 4.79 Å². The lowest BCUT2D eigenvalue weighted by atomic mass is 10.1. The molecule has 1 heterocycles. The van der Waals surface area contributed by atoms with Crippen LogP contribution in [0, 0.1) is 5.92 Å². The minimum absolute atomic E-state index is 0.0419. The fourth-order valence-electron chi connectivity index (χ4n) is 2.57. The third-order valence-electron chi connectivity index (χ3n) is 3.90. The van der Waals surface area contributed by atoms with Crippen LogP contribution < -0.4 is 10.2 Å². The highest BCUT2D eigenvalue weighted by atomic mass is 35.5. The largest absolute Gasteiger partial charge is 0.481 e. The summed E-state index contributed by atoms with van der Waals surface area (Å²) in [7, 11) is 0. The molecular weight excluding hydrogens is 352 g/mol. The number of nitrogens with one attached hydrogen (secondary N) is 1. The fraction of sp³-hybridized carbons (Fsp3) is 0.375. The van der Waals surface area contributed by atoms with Gasteiger partial charge in [-0.15, -0.1) is 0 Å². The second-order valence-electron chi connectivity index (χ2n) is 5.71. The Labute approximate surface area is 148 Å². The number of benzene rings is 1. The molecule has 25 heavy (non-hydrogen) atoms. The van der Waals surface area contributed by atoms with Gasteiger partial charge in [-0.3, -0.25) is 14.4 Å². The van der Waals surface area contributed by atoms with Crippen molar-refractivity contribution >= 4 is 41.0 Å². The zero-order valence-electron chi connectivity index (χ0n) is 13.1. The van der Waals surface area contributed by atoms with Crippen molar-refractivity contribution in [1.29, 1.82) is 0 Å². The number of hydrogen-bond donors (Lipinski definition) is 3. The number of carbonyl (C=O) groups is 4. The van der Waals surface area contributed by atoms with Crippen molar-refractivity contribution in [1.82, 2.24) is 5.32 Å². The van der Waals surface area contributed by atoms with Crippen molar-refractivity contribution in [2.75, 3.05) is 11.4 Å². The topological polar surface area (TPSA) is 124 Å². The summed E-state index contributed by atoms with van der Waals surface area (Å²) >= 11 is 5.81.